The molecule has 0 saturated carbocycles. The van der Waals surface area contributed by atoms with E-state index in [2.05, 4.69) is 129 Å². The van der Waals surface area contributed by atoms with E-state index in [1.54, 1.807) is 0 Å². The number of hydrogen-bond acceptors (Lipinski definition) is 3. The van der Waals surface area contributed by atoms with Crippen LogP contribution in [0.15, 0.2) is 103 Å². The number of nitrogens with zero attached hydrogens (tertiary/aromatic N) is 4. The molecule has 0 aliphatic rings. The van der Waals surface area contributed by atoms with E-state index in [0.717, 1.165) is 57.4 Å². The number of para-hydroxylation sites is 1. The van der Waals surface area contributed by atoms with Gasteiger partial charge in [-0.25, -0.2) is 4.98 Å². The van der Waals surface area contributed by atoms with Gasteiger partial charge in [-0.2, -0.15) is 17.2 Å². The van der Waals surface area contributed by atoms with Crippen LogP contribution in [0.25, 0.3) is 44.4 Å². The minimum atomic E-state index is -0.119. The van der Waals surface area contributed by atoms with Crippen LogP contribution in [0.4, 0.5) is 0 Å². The zero-order valence-corrected chi connectivity index (χ0v) is 29.0. The normalized spacial score (nSPS) is 11.6. The summed E-state index contributed by atoms with van der Waals surface area (Å²) in [5.74, 6) is 2.07. The fourth-order valence-electron chi connectivity index (χ4n) is 6.14. The number of ether oxygens (including phenoxy) is 1. The first-order valence-corrected chi connectivity index (χ1v) is 15.6. The third-order valence-corrected chi connectivity index (χ3v) is 8.77. The van der Waals surface area contributed by atoms with E-state index in [1.165, 1.54) is 16.8 Å². The Hall–Kier alpha value is -4.47. The molecule has 0 saturated heterocycles. The molecule has 7 aromatic rings. The minimum Gasteiger partial charge on any atom is -0.509 e. The van der Waals surface area contributed by atoms with Gasteiger partial charge in [-0.15, -0.1) is 35.7 Å². The van der Waals surface area contributed by atoms with Crippen molar-refractivity contribution >= 4 is 21.8 Å². The van der Waals surface area contributed by atoms with Gasteiger partial charge in [-0.05, 0) is 60.2 Å². The second kappa shape index (κ2) is 12.7. The van der Waals surface area contributed by atoms with Gasteiger partial charge in [-0.3, -0.25) is 4.68 Å². The predicted molar refractivity (Wildman–Crippen MR) is 183 cm³/mol. The molecule has 6 heteroatoms. The van der Waals surface area contributed by atoms with Crippen LogP contribution in [0, 0.1) is 19.1 Å². The topological polar surface area (TPSA) is 44.9 Å². The Morgan fingerprint density at radius 1 is 0.804 bits per heavy atom. The second-order valence-electron chi connectivity index (χ2n) is 12.2. The number of rotatable bonds is 8. The molecule has 4 aromatic carbocycles. The third-order valence-electron chi connectivity index (χ3n) is 8.77. The summed E-state index contributed by atoms with van der Waals surface area (Å²) in [7, 11) is 0. The van der Waals surface area contributed by atoms with Crippen molar-refractivity contribution in [3.63, 3.8) is 0 Å². The van der Waals surface area contributed by atoms with Crippen molar-refractivity contribution in [2.45, 2.75) is 52.9 Å². The fraction of sp³-hybridized carbons (Fsp3) is 0.200. The van der Waals surface area contributed by atoms with E-state index in [1.807, 2.05) is 30.5 Å². The first kappa shape index (κ1) is 31.5. The Bertz CT molecular complexity index is 2160. The molecule has 0 N–H and O–H groups in total. The largest absolute Gasteiger partial charge is 2.00 e. The summed E-state index contributed by atoms with van der Waals surface area (Å²) >= 11 is 0. The van der Waals surface area contributed by atoms with Crippen LogP contribution >= 0.6 is 0 Å². The quantitative estimate of drug-likeness (QED) is 0.144. The number of aromatic nitrogens is 4. The van der Waals surface area contributed by atoms with E-state index in [4.69, 9.17) is 14.8 Å². The van der Waals surface area contributed by atoms with E-state index in [9.17, 15) is 0 Å². The molecule has 0 aliphatic heterocycles. The molecule has 7 rings (SSSR count). The van der Waals surface area contributed by atoms with E-state index in [-0.39, 0.29) is 26.5 Å². The average molecular weight is 784 g/mol. The maximum atomic E-state index is 6.47. The Morgan fingerprint density at radius 3 is 2.33 bits per heavy atom. The molecule has 3 aromatic heterocycles. The van der Waals surface area contributed by atoms with Crippen LogP contribution in [0.5, 0.6) is 11.5 Å². The van der Waals surface area contributed by atoms with Crippen molar-refractivity contribution in [2.24, 2.45) is 0 Å². The van der Waals surface area contributed by atoms with E-state index in [0.29, 0.717) is 11.5 Å². The summed E-state index contributed by atoms with van der Waals surface area (Å²) in [5, 5.41) is 7.42. The molecule has 0 radical (unpaired) electrons. The Labute approximate surface area is 285 Å². The van der Waals surface area contributed by atoms with Gasteiger partial charge in [0.2, 0.25) is 0 Å². The Balaban J connectivity index is 0.00000372. The van der Waals surface area contributed by atoms with Gasteiger partial charge in [-0.1, -0.05) is 81.7 Å². The zero-order valence-electron chi connectivity index (χ0n) is 26.7. The van der Waals surface area contributed by atoms with Crippen molar-refractivity contribution < 1.29 is 25.8 Å². The maximum absolute atomic E-state index is 6.47. The number of hydrogen-bond donors (Lipinski definition) is 0. The van der Waals surface area contributed by atoms with Gasteiger partial charge >= 0.3 is 21.1 Å². The number of fused-ring (bicyclic) bond motifs is 3. The predicted octanol–water partition coefficient (Wildman–Crippen LogP) is 9.98. The van der Waals surface area contributed by atoms with Gasteiger partial charge in [0.25, 0.3) is 0 Å². The van der Waals surface area contributed by atoms with Crippen LogP contribution in [0.2, 0.25) is 0 Å². The number of aryl methyl sites for hydroxylation is 2. The van der Waals surface area contributed by atoms with Gasteiger partial charge in [0.15, 0.2) is 0 Å². The summed E-state index contributed by atoms with van der Waals surface area (Å²) in [6.45, 7) is 11.1. The van der Waals surface area contributed by atoms with Crippen molar-refractivity contribution in [1.82, 2.24) is 19.3 Å². The van der Waals surface area contributed by atoms with Gasteiger partial charge < -0.3 is 9.30 Å². The molecule has 46 heavy (non-hydrogen) atoms. The molecule has 0 atom stereocenters. The first-order chi connectivity index (χ1) is 21.9. The molecule has 0 aliphatic carbocycles. The molecule has 0 amide bonds. The molecule has 5 nitrogen and oxygen atoms in total. The molecule has 0 fully saturated rings. The summed E-state index contributed by atoms with van der Waals surface area (Å²) < 4.78 is 10.7. The maximum Gasteiger partial charge on any atom is 2.00 e. The van der Waals surface area contributed by atoms with Gasteiger partial charge in [0.1, 0.15) is 5.82 Å². The molecule has 3 heterocycles. The van der Waals surface area contributed by atoms with Crippen molar-refractivity contribution in [3.8, 4) is 34.1 Å². The van der Waals surface area contributed by atoms with Crippen molar-refractivity contribution in [2.75, 3.05) is 0 Å². The molecular weight excluding hydrogens is 748 g/mol. The summed E-state index contributed by atoms with van der Waals surface area (Å²) in [6, 6.07) is 40.3. The van der Waals surface area contributed by atoms with E-state index < -0.39 is 0 Å². The first-order valence-electron chi connectivity index (χ1n) is 15.6. The molecule has 0 unspecified atom stereocenters. The minimum absolute atomic E-state index is 0. The zero-order chi connectivity index (χ0) is 31.1. The molecule has 0 spiro atoms. The summed E-state index contributed by atoms with van der Waals surface area (Å²) in [6.07, 6.45) is 3.65. The van der Waals surface area contributed by atoms with Gasteiger partial charge in [0.05, 0.1) is 11.4 Å². The molecule has 0 bridgehead atoms. The van der Waals surface area contributed by atoms with Crippen LogP contribution in [0.1, 0.15) is 51.1 Å². The molecular formula is C40H36N4OPt. The van der Waals surface area contributed by atoms with Crippen LogP contribution in [0.3, 0.4) is 0 Å². The second-order valence-corrected chi connectivity index (χ2v) is 12.2. The molecule has 232 valence electrons. The van der Waals surface area contributed by atoms with Gasteiger partial charge in [0, 0.05) is 34.2 Å². The van der Waals surface area contributed by atoms with Crippen molar-refractivity contribution in [3.05, 3.63) is 132 Å². The Morgan fingerprint density at radius 2 is 1.57 bits per heavy atom. The fourth-order valence-corrected chi connectivity index (χ4v) is 6.14. The van der Waals surface area contributed by atoms with Crippen LogP contribution in [-0.2, 0) is 32.9 Å². The number of pyridine rings is 1. The monoisotopic (exact) mass is 783 g/mol. The third kappa shape index (κ3) is 5.58. The van der Waals surface area contributed by atoms with Crippen LogP contribution in [-0.4, -0.2) is 19.3 Å². The van der Waals surface area contributed by atoms with Crippen molar-refractivity contribution in [1.29, 1.82) is 0 Å². The summed E-state index contributed by atoms with van der Waals surface area (Å²) in [4.78, 5) is 4.70. The Kier molecular flexibility index (Phi) is 8.72. The number of benzene rings is 4. The standard InChI is InChI=1S/C40H36N4O.Pt/c1-6-34-38(28-14-9-8-10-15-28)39(40(4,5)7-2)44(42-34)29-16-13-17-30(25-29)45-31-20-21-33-32-18-11-12-19-35(32)43(36(33)26-31)37-24-27(3)22-23-41-37;/h8-24H,6-7H2,1-5H3;/q-2;+2. The smallest absolute Gasteiger partial charge is 0.509 e. The SMILES string of the molecule is CCc1nn(-c2[c-]c(Oc3[c-]c4c(cc3)c3ccccc3n4-c3cc(C)ccn3)ccc2)c(C(C)(C)CC)c1-c1ccccc1.[Pt+2]. The van der Waals surface area contributed by atoms with Crippen LogP contribution < -0.4 is 4.74 Å². The van der Waals surface area contributed by atoms with E-state index >= 15 is 0 Å². The average Bonchev–Trinajstić information content (AvgIpc) is 3.62. The summed E-state index contributed by atoms with van der Waals surface area (Å²) in [5.41, 5.74) is 8.54.